The average molecular weight is 112 g/mol. The zero-order valence-corrected chi connectivity index (χ0v) is 5.98. The van der Waals surface area contributed by atoms with Crippen LogP contribution in [0.15, 0.2) is 0 Å². The zero-order chi connectivity index (χ0) is 6.41. The minimum absolute atomic E-state index is 0.821. The van der Waals surface area contributed by atoms with Crippen molar-refractivity contribution in [1.82, 2.24) is 0 Å². The molecule has 0 aliphatic rings. The predicted octanol–water partition coefficient (Wildman–Crippen LogP) is 2.85. The number of unbranched alkanes of at least 4 members (excludes halogenated alkanes) is 2. The maximum absolute atomic E-state index is 3.75. The van der Waals surface area contributed by atoms with E-state index in [0.717, 1.165) is 12.3 Å². The van der Waals surface area contributed by atoms with Crippen molar-refractivity contribution in [2.75, 3.05) is 0 Å². The topological polar surface area (TPSA) is 0 Å². The highest BCUT2D eigenvalue weighted by atomic mass is 14.0. The average Bonchev–Trinajstić information content (AvgIpc) is 1.66. The van der Waals surface area contributed by atoms with Crippen LogP contribution in [0.25, 0.3) is 0 Å². The summed E-state index contributed by atoms with van der Waals surface area (Å²) in [6.45, 7) is 8.22. The standard InChI is InChI=1S/C8H16/c1-4-5-6-7-8(2)3/h6,8H,1,4-5,7H2,2-3H3. The second-order valence-corrected chi connectivity index (χ2v) is 2.56. The Bertz CT molecular complexity index is 37.3. The fraction of sp³-hybridized carbons (Fsp3) is 0.750. The molecule has 8 heavy (non-hydrogen) atoms. The minimum Gasteiger partial charge on any atom is -0.0628 e. The Balaban J connectivity index is 2.72. The third-order valence-electron chi connectivity index (χ3n) is 1.05. The van der Waals surface area contributed by atoms with Gasteiger partial charge in [0.15, 0.2) is 0 Å². The fourth-order valence-corrected chi connectivity index (χ4v) is 0.596. The molecule has 0 saturated heterocycles. The largest absolute Gasteiger partial charge is 0.0628 e. The van der Waals surface area contributed by atoms with Gasteiger partial charge < -0.3 is 0 Å². The van der Waals surface area contributed by atoms with Gasteiger partial charge in [-0.15, -0.1) is 0 Å². The summed E-state index contributed by atoms with van der Waals surface area (Å²) in [5.41, 5.74) is 0. The molecule has 0 spiro atoms. The van der Waals surface area contributed by atoms with Crippen LogP contribution in [0.3, 0.4) is 0 Å². The predicted molar refractivity (Wildman–Crippen MR) is 38.3 cm³/mol. The Morgan fingerprint density at radius 1 is 1.50 bits per heavy atom. The molecule has 0 aromatic rings. The molecule has 0 bridgehead atoms. The molecular weight excluding hydrogens is 96.1 g/mol. The van der Waals surface area contributed by atoms with Crippen LogP contribution in [0.2, 0.25) is 0 Å². The van der Waals surface area contributed by atoms with Gasteiger partial charge in [-0.25, -0.2) is 0 Å². The van der Waals surface area contributed by atoms with Crippen molar-refractivity contribution in [2.45, 2.75) is 33.1 Å². The van der Waals surface area contributed by atoms with E-state index in [-0.39, 0.29) is 0 Å². The molecule has 0 aromatic heterocycles. The lowest BCUT2D eigenvalue weighted by Crippen LogP contribution is -1.86. The van der Waals surface area contributed by atoms with E-state index in [4.69, 9.17) is 0 Å². The Morgan fingerprint density at radius 2 is 2.12 bits per heavy atom. The highest BCUT2D eigenvalue weighted by Gasteiger charge is 1.91. The lowest BCUT2D eigenvalue weighted by molar-refractivity contribution is 0.620. The molecule has 0 aliphatic heterocycles. The van der Waals surface area contributed by atoms with E-state index in [1.54, 1.807) is 0 Å². The van der Waals surface area contributed by atoms with Crippen LogP contribution in [-0.2, 0) is 0 Å². The summed E-state index contributed by atoms with van der Waals surface area (Å²) >= 11 is 0. The van der Waals surface area contributed by atoms with Crippen LogP contribution in [0, 0.1) is 19.3 Å². The zero-order valence-electron chi connectivity index (χ0n) is 5.98. The van der Waals surface area contributed by atoms with Crippen molar-refractivity contribution in [2.24, 2.45) is 5.92 Å². The van der Waals surface area contributed by atoms with E-state index in [1.807, 2.05) is 0 Å². The van der Waals surface area contributed by atoms with Gasteiger partial charge in [0.1, 0.15) is 0 Å². The smallest absolute Gasteiger partial charge is 0.0383 e. The summed E-state index contributed by atoms with van der Waals surface area (Å²) in [5, 5.41) is 0. The first-order valence-electron chi connectivity index (χ1n) is 3.38. The first kappa shape index (κ1) is 8.00. The van der Waals surface area contributed by atoms with Crippen LogP contribution < -0.4 is 0 Å². The maximum atomic E-state index is 3.75. The van der Waals surface area contributed by atoms with Crippen molar-refractivity contribution in [3.63, 3.8) is 0 Å². The SMILES string of the molecule is [CH2]CC[CH]CC(C)C. The van der Waals surface area contributed by atoms with Gasteiger partial charge in [-0.05, 0) is 18.8 Å². The van der Waals surface area contributed by atoms with Gasteiger partial charge in [0.2, 0.25) is 0 Å². The molecule has 0 unspecified atom stereocenters. The summed E-state index contributed by atoms with van der Waals surface area (Å²) in [7, 11) is 0. The molecule has 0 rings (SSSR count). The van der Waals surface area contributed by atoms with Gasteiger partial charge in [-0.2, -0.15) is 0 Å². The minimum atomic E-state index is 0.821. The lowest BCUT2D eigenvalue weighted by Gasteiger charge is -2.00. The van der Waals surface area contributed by atoms with Crippen LogP contribution in [0.4, 0.5) is 0 Å². The normalized spacial score (nSPS) is 10.5. The molecule has 0 fully saturated rings. The molecule has 0 aliphatic carbocycles. The van der Waals surface area contributed by atoms with Crippen LogP contribution in [0.5, 0.6) is 0 Å². The Labute approximate surface area is 53.3 Å². The summed E-state index contributed by atoms with van der Waals surface area (Å²) in [6, 6.07) is 0. The lowest BCUT2D eigenvalue weighted by atomic mass is 10.1. The van der Waals surface area contributed by atoms with Crippen LogP contribution >= 0.6 is 0 Å². The molecule has 0 heteroatoms. The van der Waals surface area contributed by atoms with E-state index < -0.39 is 0 Å². The van der Waals surface area contributed by atoms with Crippen molar-refractivity contribution in [3.05, 3.63) is 13.3 Å². The van der Waals surface area contributed by atoms with Crippen molar-refractivity contribution < 1.29 is 0 Å². The molecular formula is C8H16. The molecule has 2 radical (unpaired) electrons. The second-order valence-electron chi connectivity index (χ2n) is 2.56. The van der Waals surface area contributed by atoms with E-state index in [0.29, 0.717) is 0 Å². The summed E-state index contributed by atoms with van der Waals surface area (Å²) in [5.74, 6) is 0.821. The molecule has 0 saturated carbocycles. The number of rotatable bonds is 4. The van der Waals surface area contributed by atoms with Gasteiger partial charge in [-0.3, -0.25) is 0 Å². The number of hydrogen-bond acceptors (Lipinski definition) is 0. The first-order valence-corrected chi connectivity index (χ1v) is 3.38. The van der Waals surface area contributed by atoms with Crippen molar-refractivity contribution in [1.29, 1.82) is 0 Å². The van der Waals surface area contributed by atoms with Crippen molar-refractivity contribution >= 4 is 0 Å². The molecule has 0 nitrogen and oxygen atoms in total. The summed E-state index contributed by atoms with van der Waals surface area (Å²) < 4.78 is 0. The quantitative estimate of drug-likeness (QED) is 0.490. The van der Waals surface area contributed by atoms with E-state index in [1.165, 1.54) is 12.8 Å². The van der Waals surface area contributed by atoms with Gasteiger partial charge in [0, 0.05) is 0 Å². The highest BCUT2D eigenvalue weighted by molar-refractivity contribution is 4.66. The number of hydrogen-bond donors (Lipinski definition) is 0. The molecule has 0 aromatic carbocycles. The molecule has 48 valence electrons. The van der Waals surface area contributed by atoms with Gasteiger partial charge in [-0.1, -0.05) is 33.6 Å². The molecule has 0 amide bonds. The van der Waals surface area contributed by atoms with Crippen LogP contribution in [0.1, 0.15) is 33.1 Å². The summed E-state index contributed by atoms with van der Waals surface area (Å²) in [4.78, 5) is 0. The molecule has 0 heterocycles. The molecule has 0 N–H and O–H groups in total. The van der Waals surface area contributed by atoms with Gasteiger partial charge >= 0.3 is 0 Å². The Morgan fingerprint density at radius 3 is 2.50 bits per heavy atom. The Kier molecular flexibility index (Phi) is 5.14. The Hall–Kier alpha value is 0. The second kappa shape index (κ2) is 5.14. The van der Waals surface area contributed by atoms with E-state index in [9.17, 15) is 0 Å². The summed E-state index contributed by atoms with van der Waals surface area (Å²) in [6.07, 6.45) is 5.79. The monoisotopic (exact) mass is 112 g/mol. The van der Waals surface area contributed by atoms with Gasteiger partial charge in [0.25, 0.3) is 0 Å². The fourth-order valence-electron chi connectivity index (χ4n) is 0.596. The molecule has 0 atom stereocenters. The van der Waals surface area contributed by atoms with Crippen molar-refractivity contribution in [3.8, 4) is 0 Å². The van der Waals surface area contributed by atoms with E-state index in [2.05, 4.69) is 27.2 Å². The van der Waals surface area contributed by atoms with E-state index >= 15 is 0 Å². The third kappa shape index (κ3) is 6.00. The first-order chi connectivity index (χ1) is 3.77. The van der Waals surface area contributed by atoms with Crippen LogP contribution in [-0.4, -0.2) is 0 Å². The van der Waals surface area contributed by atoms with Gasteiger partial charge in [0.05, 0.1) is 0 Å². The maximum Gasteiger partial charge on any atom is -0.0383 e. The third-order valence-corrected chi connectivity index (χ3v) is 1.05. The highest BCUT2D eigenvalue weighted by Crippen LogP contribution is 2.05.